The molecule has 0 spiro atoms. The monoisotopic (exact) mass is 280 g/mol. The third-order valence-electron chi connectivity index (χ3n) is 3.59. The van der Waals surface area contributed by atoms with E-state index in [4.69, 9.17) is 9.84 Å². The molecule has 0 bridgehead atoms. The highest BCUT2D eigenvalue weighted by Gasteiger charge is 2.37. The molecule has 0 saturated heterocycles. The summed E-state index contributed by atoms with van der Waals surface area (Å²) in [7, 11) is 1.55. The molecule has 0 fully saturated rings. The fourth-order valence-electron chi connectivity index (χ4n) is 2.20. The number of ether oxygens (including phenoxy) is 1. The second kappa shape index (κ2) is 6.41. The molecule has 2 N–H and O–H groups in total. The van der Waals surface area contributed by atoms with Crippen LogP contribution in [0.1, 0.15) is 38.2 Å². The Morgan fingerprint density at radius 1 is 1.20 bits per heavy atom. The van der Waals surface area contributed by atoms with Crippen LogP contribution in [0.4, 0.5) is 0 Å². The van der Waals surface area contributed by atoms with Crippen molar-refractivity contribution in [2.75, 3.05) is 7.11 Å². The summed E-state index contributed by atoms with van der Waals surface area (Å²) in [5.41, 5.74) is -0.233. The van der Waals surface area contributed by atoms with E-state index in [0.29, 0.717) is 5.75 Å². The van der Waals surface area contributed by atoms with E-state index in [1.54, 1.807) is 45.2 Å². The average molecular weight is 280 g/mol. The molecule has 0 aliphatic rings. The van der Waals surface area contributed by atoms with Gasteiger partial charge in [-0.2, -0.15) is 0 Å². The summed E-state index contributed by atoms with van der Waals surface area (Å²) in [5, 5.41) is 18.2. The van der Waals surface area contributed by atoms with Gasteiger partial charge in [0.15, 0.2) is 0 Å². The molecule has 0 aliphatic heterocycles. The maximum absolute atomic E-state index is 11.4. The minimum absolute atomic E-state index is 0.0621. The normalized spacial score (nSPS) is 12.8. The van der Waals surface area contributed by atoms with Crippen LogP contribution >= 0.6 is 0 Å². The molecular formula is C15H20O5. The SMILES string of the molecule is COc1ccc(C(CCC(=O)O)C(C)(C)C(=O)O)cc1. The Bertz CT molecular complexity index is 476. The van der Waals surface area contributed by atoms with Crippen molar-refractivity contribution in [2.45, 2.75) is 32.6 Å². The molecule has 1 rings (SSSR count). The Labute approximate surface area is 118 Å². The van der Waals surface area contributed by atoms with Crippen LogP contribution in [0, 0.1) is 5.41 Å². The molecule has 1 aromatic rings. The molecule has 0 radical (unpaired) electrons. The fraction of sp³-hybridized carbons (Fsp3) is 0.467. The summed E-state index contributed by atoms with van der Waals surface area (Å²) in [4.78, 5) is 22.2. The first kappa shape index (κ1) is 16.0. The third-order valence-corrected chi connectivity index (χ3v) is 3.59. The zero-order valence-corrected chi connectivity index (χ0v) is 11.9. The third kappa shape index (κ3) is 3.73. The zero-order chi connectivity index (χ0) is 15.3. The lowest BCUT2D eigenvalue weighted by atomic mass is 9.72. The first-order valence-electron chi connectivity index (χ1n) is 6.38. The molecule has 0 saturated carbocycles. The van der Waals surface area contributed by atoms with Gasteiger partial charge in [-0.3, -0.25) is 9.59 Å². The molecule has 1 aromatic carbocycles. The van der Waals surface area contributed by atoms with Gasteiger partial charge in [-0.05, 0) is 38.0 Å². The van der Waals surface area contributed by atoms with Crippen molar-refractivity contribution in [1.82, 2.24) is 0 Å². The van der Waals surface area contributed by atoms with Crippen molar-refractivity contribution in [2.24, 2.45) is 5.41 Å². The summed E-state index contributed by atoms with van der Waals surface area (Å²) in [6.45, 7) is 3.23. The van der Waals surface area contributed by atoms with E-state index in [0.717, 1.165) is 5.56 Å². The average Bonchev–Trinajstić information content (AvgIpc) is 2.38. The van der Waals surface area contributed by atoms with Crippen LogP contribution in [0.2, 0.25) is 0 Å². The highest BCUT2D eigenvalue weighted by molar-refractivity contribution is 5.75. The van der Waals surface area contributed by atoms with Gasteiger partial charge in [0.1, 0.15) is 5.75 Å². The molecular weight excluding hydrogens is 260 g/mol. The lowest BCUT2D eigenvalue weighted by Crippen LogP contribution is -2.31. The number of carboxylic acid groups (broad SMARTS) is 2. The summed E-state index contributed by atoms with van der Waals surface area (Å²) in [6.07, 6.45) is 0.217. The van der Waals surface area contributed by atoms with Crippen molar-refractivity contribution in [3.8, 4) is 5.75 Å². The number of carbonyl (C=O) groups is 2. The smallest absolute Gasteiger partial charge is 0.309 e. The van der Waals surface area contributed by atoms with Gasteiger partial charge in [0, 0.05) is 12.3 Å². The predicted octanol–water partition coefficient (Wildman–Crippen LogP) is 2.75. The maximum Gasteiger partial charge on any atom is 0.309 e. The van der Waals surface area contributed by atoms with E-state index in [1.165, 1.54) is 0 Å². The number of methoxy groups -OCH3 is 1. The quantitative estimate of drug-likeness (QED) is 0.802. The van der Waals surface area contributed by atoms with Gasteiger partial charge in [0.25, 0.3) is 0 Å². The predicted molar refractivity (Wildman–Crippen MR) is 74.0 cm³/mol. The molecule has 110 valence electrons. The van der Waals surface area contributed by atoms with Crippen LogP contribution < -0.4 is 4.74 Å². The molecule has 5 heteroatoms. The minimum atomic E-state index is -1.04. The van der Waals surface area contributed by atoms with E-state index in [1.807, 2.05) is 0 Å². The lowest BCUT2D eigenvalue weighted by Gasteiger charge is -2.30. The van der Waals surface area contributed by atoms with Gasteiger partial charge in [0.2, 0.25) is 0 Å². The van der Waals surface area contributed by atoms with Crippen molar-refractivity contribution in [1.29, 1.82) is 0 Å². The van der Waals surface area contributed by atoms with Crippen molar-refractivity contribution < 1.29 is 24.5 Å². The van der Waals surface area contributed by atoms with E-state index in [-0.39, 0.29) is 18.8 Å². The Balaban J connectivity index is 3.08. The number of hydrogen-bond donors (Lipinski definition) is 2. The topological polar surface area (TPSA) is 83.8 Å². The molecule has 0 amide bonds. The van der Waals surface area contributed by atoms with Crippen molar-refractivity contribution in [3.05, 3.63) is 29.8 Å². The van der Waals surface area contributed by atoms with Gasteiger partial charge in [0.05, 0.1) is 12.5 Å². The van der Waals surface area contributed by atoms with Crippen LogP contribution in [-0.2, 0) is 9.59 Å². The first-order chi connectivity index (χ1) is 9.28. The number of rotatable bonds is 7. The maximum atomic E-state index is 11.4. The van der Waals surface area contributed by atoms with Gasteiger partial charge in [-0.15, -0.1) is 0 Å². The molecule has 5 nitrogen and oxygen atoms in total. The zero-order valence-electron chi connectivity index (χ0n) is 11.9. The Hall–Kier alpha value is -2.04. The van der Waals surface area contributed by atoms with Gasteiger partial charge >= 0.3 is 11.9 Å². The highest BCUT2D eigenvalue weighted by Crippen LogP contribution is 2.39. The summed E-state index contributed by atoms with van der Waals surface area (Å²) in [6, 6.07) is 7.08. The Morgan fingerprint density at radius 3 is 2.15 bits per heavy atom. The number of aliphatic carboxylic acids is 2. The highest BCUT2D eigenvalue weighted by atomic mass is 16.5. The van der Waals surface area contributed by atoms with E-state index in [2.05, 4.69) is 0 Å². The van der Waals surface area contributed by atoms with E-state index < -0.39 is 17.4 Å². The van der Waals surface area contributed by atoms with Crippen LogP contribution in [0.25, 0.3) is 0 Å². The van der Waals surface area contributed by atoms with Gasteiger partial charge < -0.3 is 14.9 Å². The number of carboxylic acids is 2. The molecule has 1 unspecified atom stereocenters. The van der Waals surface area contributed by atoms with Crippen LogP contribution in [0.5, 0.6) is 5.75 Å². The molecule has 0 heterocycles. The fourth-order valence-corrected chi connectivity index (χ4v) is 2.20. The second-order valence-electron chi connectivity index (χ2n) is 5.28. The minimum Gasteiger partial charge on any atom is -0.497 e. The van der Waals surface area contributed by atoms with Crippen LogP contribution in [0.3, 0.4) is 0 Å². The van der Waals surface area contributed by atoms with Crippen molar-refractivity contribution in [3.63, 3.8) is 0 Å². The van der Waals surface area contributed by atoms with Gasteiger partial charge in [-0.1, -0.05) is 12.1 Å². The molecule has 20 heavy (non-hydrogen) atoms. The summed E-state index contributed by atoms with van der Waals surface area (Å²) < 4.78 is 5.07. The van der Waals surface area contributed by atoms with Crippen molar-refractivity contribution >= 4 is 11.9 Å². The molecule has 0 aromatic heterocycles. The Morgan fingerprint density at radius 2 is 1.75 bits per heavy atom. The first-order valence-corrected chi connectivity index (χ1v) is 6.38. The molecule has 0 aliphatic carbocycles. The van der Waals surface area contributed by atoms with E-state index in [9.17, 15) is 14.7 Å². The standard InChI is InChI=1S/C15H20O5/c1-15(2,14(18)19)12(8-9-13(16)17)10-4-6-11(20-3)7-5-10/h4-7,12H,8-9H2,1-3H3,(H,16,17)(H,18,19). The van der Waals surface area contributed by atoms with E-state index >= 15 is 0 Å². The van der Waals surface area contributed by atoms with Crippen LogP contribution in [-0.4, -0.2) is 29.3 Å². The lowest BCUT2D eigenvalue weighted by molar-refractivity contribution is -0.149. The second-order valence-corrected chi connectivity index (χ2v) is 5.28. The van der Waals surface area contributed by atoms with Gasteiger partial charge in [-0.25, -0.2) is 0 Å². The Kier molecular flexibility index (Phi) is 5.13. The molecule has 1 atom stereocenters. The number of hydrogen-bond acceptors (Lipinski definition) is 3. The van der Waals surface area contributed by atoms with Crippen LogP contribution in [0.15, 0.2) is 24.3 Å². The number of benzene rings is 1. The summed E-state index contributed by atoms with van der Waals surface area (Å²) >= 11 is 0. The largest absolute Gasteiger partial charge is 0.497 e. The summed E-state index contributed by atoms with van der Waals surface area (Å²) in [5.74, 6) is -1.56.